The van der Waals surface area contributed by atoms with Crippen LogP contribution in [0.4, 0.5) is 0 Å². The molecular formula is C26H29NO. The first kappa shape index (κ1) is 17.8. The molecule has 0 amide bonds. The van der Waals surface area contributed by atoms with Crippen molar-refractivity contribution in [2.45, 2.75) is 63.6 Å². The van der Waals surface area contributed by atoms with Crippen LogP contribution in [0, 0.1) is 6.92 Å². The summed E-state index contributed by atoms with van der Waals surface area (Å²) < 4.78 is 6.61. The Labute approximate surface area is 167 Å². The quantitative estimate of drug-likeness (QED) is 0.557. The summed E-state index contributed by atoms with van der Waals surface area (Å²) in [5, 5.41) is 6.63. The predicted molar refractivity (Wildman–Crippen MR) is 116 cm³/mol. The Kier molecular flexibility index (Phi) is 4.40. The zero-order valence-electron chi connectivity index (χ0n) is 16.9. The molecular weight excluding hydrogens is 342 g/mol. The molecule has 1 spiro atoms. The number of rotatable bonds is 3. The van der Waals surface area contributed by atoms with Gasteiger partial charge in [0.1, 0.15) is 11.4 Å². The lowest BCUT2D eigenvalue weighted by Crippen LogP contribution is -2.42. The van der Waals surface area contributed by atoms with Crippen LogP contribution in [-0.2, 0) is 0 Å². The fraction of sp³-hybridized carbons (Fsp3) is 0.385. The van der Waals surface area contributed by atoms with E-state index in [0.29, 0.717) is 6.04 Å². The molecule has 3 aromatic carbocycles. The minimum atomic E-state index is 0.0247. The minimum absolute atomic E-state index is 0.0247. The van der Waals surface area contributed by atoms with Crippen molar-refractivity contribution in [1.29, 1.82) is 0 Å². The zero-order chi connectivity index (χ0) is 19.1. The van der Waals surface area contributed by atoms with Gasteiger partial charge in [0.2, 0.25) is 0 Å². The van der Waals surface area contributed by atoms with Crippen molar-refractivity contribution in [2.75, 3.05) is 0 Å². The number of benzene rings is 3. The third kappa shape index (κ3) is 3.10. The predicted octanol–water partition coefficient (Wildman–Crippen LogP) is 6.64. The molecule has 144 valence electrons. The topological polar surface area (TPSA) is 21.3 Å². The highest BCUT2D eigenvalue weighted by molar-refractivity contribution is 5.86. The standard InChI is InChI=1S/C26H29NO/c1-18-12-13-23-24(17-26(14-5-6-15-26)28-25(23)16-18)27-19(2)21-11-7-9-20-8-3-4-10-22(20)21/h3-4,7-13,16,19,24,27H,5-6,14-15,17H2,1-2H3. The van der Waals surface area contributed by atoms with Crippen molar-refractivity contribution >= 4 is 10.8 Å². The minimum Gasteiger partial charge on any atom is -0.487 e. The highest BCUT2D eigenvalue weighted by Crippen LogP contribution is 2.48. The molecule has 1 N–H and O–H groups in total. The van der Waals surface area contributed by atoms with Gasteiger partial charge in [-0.25, -0.2) is 0 Å². The van der Waals surface area contributed by atoms with Gasteiger partial charge in [-0.15, -0.1) is 0 Å². The molecule has 0 saturated heterocycles. The van der Waals surface area contributed by atoms with Gasteiger partial charge in [0.05, 0.1) is 0 Å². The summed E-state index contributed by atoms with van der Waals surface area (Å²) in [6, 6.07) is 22.6. The second-order valence-electron chi connectivity index (χ2n) is 8.75. The van der Waals surface area contributed by atoms with Gasteiger partial charge in [0, 0.05) is 24.1 Å². The fourth-order valence-corrected chi connectivity index (χ4v) is 5.27. The third-order valence-electron chi connectivity index (χ3n) is 6.70. The number of ether oxygens (including phenoxy) is 1. The molecule has 1 aliphatic heterocycles. The molecule has 2 nitrogen and oxygen atoms in total. The van der Waals surface area contributed by atoms with Gasteiger partial charge in [-0.1, -0.05) is 54.6 Å². The summed E-state index contributed by atoms with van der Waals surface area (Å²) in [4.78, 5) is 0. The molecule has 0 aromatic heterocycles. The molecule has 3 aromatic rings. The lowest BCUT2D eigenvalue weighted by molar-refractivity contribution is 0.0351. The summed E-state index contributed by atoms with van der Waals surface area (Å²) in [5.41, 5.74) is 3.99. The lowest BCUT2D eigenvalue weighted by atomic mass is 9.85. The van der Waals surface area contributed by atoms with Gasteiger partial charge < -0.3 is 10.1 Å². The Morgan fingerprint density at radius 2 is 1.79 bits per heavy atom. The first-order chi connectivity index (χ1) is 13.6. The lowest BCUT2D eigenvalue weighted by Gasteiger charge is -2.41. The zero-order valence-corrected chi connectivity index (χ0v) is 16.9. The Morgan fingerprint density at radius 1 is 1.00 bits per heavy atom. The van der Waals surface area contributed by atoms with Crippen LogP contribution >= 0.6 is 0 Å². The van der Waals surface area contributed by atoms with Crippen LogP contribution in [-0.4, -0.2) is 5.60 Å². The first-order valence-corrected chi connectivity index (χ1v) is 10.7. The van der Waals surface area contributed by atoms with Crippen molar-refractivity contribution in [3.63, 3.8) is 0 Å². The SMILES string of the molecule is Cc1ccc2c(c1)OC1(CCCC1)CC2NC(C)c1cccc2ccccc12. The maximum Gasteiger partial charge on any atom is 0.125 e. The summed E-state index contributed by atoms with van der Waals surface area (Å²) in [6.45, 7) is 4.45. The van der Waals surface area contributed by atoms with Crippen LogP contribution in [0.5, 0.6) is 5.75 Å². The van der Waals surface area contributed by atoms with E-state index in [1.54, 1.807) is 0 Å². The number of aryl methyl sites for hydroxylation is 1. The van der Waals surface area contributed by atoms with Crippen LogP contribution in [0.3, 0.4) is 0 Å². The van der Waals surface area contributed by atoms with Crippen molar-refractivity contribution in [2.24, 2.45) is 0 Å². The van der Waals surface area contributed by atoms with Gasteiger partial charge in [0.15, 0.2) is 0 Å². The van der Waals surface area contributed by atoms with E-state index in [1.807, 2.05) is 0 Å². The van der Waals surface area contributed by atoms with Crippen molar-refractivity contribution in [1.82, 2.24) is 5.32 Å². The third-order valence-corrected chi connectivity index (χ3v) is 6.70. The number of nitrogens with one attached hydrogen (secondary N) is 1. The average molecular weight is 372 g/mol. The number of hydrogen-bond donors (Lipinski definition) is 1. The molecule has 28 heavy (non-hydrogen) atoms. The van der Waals surface area contributed by atoms with E-state index in [-0.39, 0.29) is 11.6 Å². The van der Waals surface area contributed by atoms with E-state index in [9.17, 15) is 0 Å². The van der Waals surface area contributed by atoms with E-state index in [0.717, 1.165) is 12.2 Å². The molecule has 1 aliphatic carbocycles. The molecule has 5 rings (SSSR count). The van der Waals surface area contributed by atoms with Gasteiger partial charge in [-0.05, 0) is 67.5 Å². The summed E-state index contributed by atoms with van der Waals surface area (Å²) in [7, 11) is 0. The normalized spacial score (nSPS) is 21.4. The van der Waals surface area contributed by atoms with Gasteiger partial charge in [-0.3, -0.25) is 0 Å². The van der Waals surface area contributed by atoms with E-state index < -0.39 is 0 Å². The van der Waals surface area contributed by atoms with Crippen molar-refractivity contribution in [3.05, 3.63) is 77.4 Å². The van der Waals surface area contributed by atoms with Crippen molar-refractivity contribution in [3.8, 4) is 5.75 Å². The molecule has 0 bridgehead atoms. The van der Waals surface area contributed by atoms with E-state index in [2.05, 4.69) is 79.8 Å². The maximum atomic E-state index is 6.61. The largest absolute Gasteiger partial charge is 0.487 e. The van der Waals surface area contributed by atoms with E-state index in [4.69, 9.17) is 4.74 Å². The molecule has 2 heteroatoms. The van der Waals surface area contributed by atoms with Crippen LogP contribution in [0.15, 0.2) is 60.7 Å². The molecule has 1 fully saturated rings. The van der Waals surface area contributed by atoms with E-state index in [1.165, 1.54) is 53.1 Å². The molecule has 0 radical (unpaired) electrons. The number of hydrogen-bond acceptors (Lipinski definition) is 2. The smallest absolute Gasteiger partial charge is 0.125 e. The highest BCUT2D eigenvalue weighted by atomic mass is 16.5. The Hall–Kier alpha value is -2.32. The fourth-order valence-electron chi connectivity index (χ4n) is 5.27. The monoisotopic (exact) mass is 371 g/mol. The Morgan fingerprint density at radius 3 is 2.64 bits per heavy atom. The second-order valence-corrected chi connectivity index (χ2v) is 8.75. The van der Waals surface area contributed by atoms with Gasteiger partial charge in [0.25, 0.3) is 0 Å². The van der Waals surface area contributed by atoms with Crippen LogP contribution in [0.25, 0.3) is 10.8 Å². The maximum absolute atomic E-state index is 6.61. The highest BCUT2D eigenvalue weighted by Gasteiger charge is 2.43. The summed E-state index contributed by atoms with van der Waals surface area (Å²) in [5.74, 6) is 1.09. The van der Waals surface area contributed by atoms with Crippen molar-refractivity contribution < 1.29 is 4.74 Å². The summed E-state index contributed by atoms with van der Waals surface area (Å²) >= 11 is 0. The van der Waals surface area contributed by atoms with Crippen LogP contribution in [0.1, 0.15) is 67.8 Å². The second kappa shape index (κ2) is 6.93. The van der Waals surface area contributed by atoms with E-state index >= 15 is 0 Å². The average Bonchev–Trinajstić information content (AvgIpc) is 3.14. The van der Waals surface area contributed by atoms with Gasteiger partial charge >= 0.3 is 0 Å². The molecule has 1 heterocycles. The Bertz CT molecular complexity index is 997. The molecule has 2 aliphatic rings. The first-order valence-electron chi connectivity index (χ1n) is 10.7. The molecule has 2 atom stereocenters. The number of fused-ring (bicyclic) bond motifs is 2. The van der Waals surface area contributed by atoms with Crippen LogP contribution in [0.2, 0.25) is 0 Å². The summed E-state index contributed by atoms with van der Waals surface area (Å²) in [6.07, 6.45) is 6.00. The Balaban J connectivity index is 1.49. The van der Waals surface area contributed by atoms with Crippen LogP contribution < -0.4 is 10.1 Å². The molecule has 2 unspecified atom stereocenters. The molecule has 1 saturated carbocycles. The van der Waals surface area contributed by atoms with Gasteiger partial charge in [-0.2, -0.15) is 0 Å².